The molecule has 0 N–H and O–H groups in total. The molecule has 1 heterocycles. The standard InChI is InChI=1S/C18H20Cl2N2/c1-13-11-22(18-9-5-16(20)6-10-18)14(2)12-21(13)17-7-3-15(19)4-8-17/h3-10,13-14H,11-12H2,1-2H3. The van der Waals surface area contributed by atoms with Gasteiger partial charge >= 0.3 is 0 Å². The Balaban J connectivity index is 1.79. The zero-order chi connectivity index (χ0) is 15.7. The van der Waals surface area contributed by atoms with Crippen molar-refractivity contribution in [3.63, 3.8) is 0 Å². The largest absolute Gasteiger partial charge is 0.365 e. The van der Waals surface area contributed by atoms with Crippen molar-refractivity contribution in [2.75, 3.05) is 22.9 Å². The summed E-state index contributed by atoms with van der Waals surface area (Å²) in [5.74, 6) is 0. The van der Waals surface area contributed by atoms with E-state index in [1.54, 1.807) is 0 Å². The van der Waals surface area contributed by atoms with Gasteiger partial charge in [-0.3, -0.25) is 0 Å². The molecular formula is C18H20Cl2N2. The number of anilines is 2. The van der Waals surface area contributed by atoms with Gasteiger partial charge in [-0.25, -0.2) is 0 Å². The second kappa shape index (κ2) is 6.39. The van der Waals surface area contributed by atoms with Crippen LogP contribution in [0.5, 0.6) is 0 Å². The number of nitrogens with zero attached hydrogens (tertiary/aromatic N) is 2. The van der Waals surface area contributed by atoms with Crippen molar-refractivity contribution in [2.24, 2.45) is 0 Å². The summed E-state index contributed by atoms with van der Waals surface area (Å²) in [4.78, 5) is 4.90. The third kappa shape index (κ3) is 3.18. The molecule has 2 aromatic carbocycles. The lowest BCUT2D eigenvalue weighted by Crippen LogP contribution is -2.56. The van der Waals surface area contributed by atoms with Crippen LogP contribution in [0.3, 0.4) is 0 Å². The van der Waals surface area contributed by atoms with Crippen molar-refractivity contribution in [1.82, 2.24) is 0 Å². The van der Waals surface area contributed by atoms with Crippen LogP contribution in [-0.2, 0) is 0 Å². The molecule has 0 spiro atoms. The molecule has 2 unspecified atom stereocenters. The van der Waals surface area contributed by atoms with Gasteiger partial charge in [0.25, 0.3) is 0 Å². The van der Waals surface area contributed by atoms with Crippen LogP contribution in [0.1, 0.15) is 13.8 Å². The lowest BCUT2D eigenvalue weighted by atomic mass is 10.1. The summed E-state index contributed by atoms with van der Waals surface area (Å²) in [6, 6.07) is 17.1. The van der Waals surface area contributed by atoms with Crippen molar-refractivity contribution < 1.29 is 0 Å². The van der Waals surface area contributed by atoms with Gasteiger partial charge in [0.05, 0.1) is 0 Å². The van der Waals surface area contributed by atoms with Gasteiger partial charge in [-0.1, -0.05) is 23.2 Å². The number of halogens is 2. The molecule has 1 aliphatic rings. The average Bonchev–Trinajstić information content (AvgIpc) is 2.51. The van der Waals surface area contributed by atoms with E-state index < -0.39 is 0 Å². The van der Waals surface area contributed by atoms with Gasteiger partial charge in [0, 0.05) is 46.6 Å². The second-order valence-electron chi connectivity index (χ2n) is 5.96. The molecule has 22 heavy (non-hydrogen) atoms. The first-order chi connectivity index (χ1) is 10.5. The average molecular weight is 335 g/mol. The molecule has 0 aliphatic carbocycles. The molecule has 116 valence electrons. The summed E-state index contributed by atoms with van der Waals surface area (Å²) in [6.07, 6.45) is 0. The molecule has 2 nitrogen and oxygen atoms in total. The smallest absolute Gasteiger partial charge is 0.0438 e. The van der Waals surface area contributed by atoms with E-state index in [2.05, 4.69) is 47.9 Å². The van der Waals surface area contributed by atoms with Crippen molar-refractivity contribution in [2.45, 2.75) is 25.9 Å². The van der Waals surface area contributed by atoms with Crippen LogP contribution in [0, 0.1) is 0 Å². The molecule has 1 aliphatic heterocycles. The fourth-order valence-electron chi connectivity index (χ4n) is 3.11. The molecular weight excluding hydrogens is 315 g/mol. The normalized spacial score (nSPS) is 22.0. The zero-order valence-corrected chi connectivity index (χ0v) is 14.3. The van der Waals surface area contributed by atoms with Crippen LogP contribution in [-0.4, -0.2) is 25.2 Å². The highest BCUT2D eigenvalue weighted by molar-refractivity contribution is 6.30. The number of benzene rings is 2. The van der Waals surface area contributed by atoms with Gasteiger partial charge in [-0.2, -0.15) is 0 Å². The highest BCUT2D eigenvalue weighted by atomic mass is 35.5. The van der Waals surface area contributed by atoms with Gasteiger partial charge in [0.2, 0.25) is 0 Å². The minimum atomic E-state index is 0.438. The molecule has 0 saturated carbocycles. The topological polar surface area (TPSA) is 6.48 Å². The van der Waals surface area contributed by atoms with Crippen molar-refractivity contribution in [1.29, 1.82) is 0 Å². The van der Waals surface area contributed by atoms with E-state index in [1.807, 2.05) is 24.3 Å². The van der Waals surface area contributed by atoms with Crippen LogP contribution in [0.25, 0.3) is 0 Å². The maximum absolute atomic E-state index is 5.99. The van der Waals surface area contributed by atoms with Crippen LogP contribution >= 0.6 is 23.2 Å². The SMILES string of the molecule is CC1CN(c2ccc(Cl)cc2)C(C)CN1c1ccc(Cl)cc1. The van der Waals surface area contributed by atoms with Gasteiger partial charge in [0.15, 0.2) is 0 Å². The van der Waals surface area contributed by atoms with E-state index in [0.717, 1.165) is 23.1 Å². The fraction of sp³-hybridized carbons (Fsp3) is 0.333. The second-order valence-corrected chi connectivity index (χ2v) is 6.83. The van der Waals surface area contributed by atoms with Crippen molar-refractivity contribution in [3.8, 4) is 0 Å². The first-order valence-electron chi connectivity index (χ1n) is 7.59. The van der Waals surface area contributed by atoms with E-state index in [1.165, 1.54) is 11.4 Å². The summed E-state index contributed by atoms with van der Waals surface area (Å²) >= 11 is 12.0. The molecule has 1 fully saturated rings. The molecule has 0 amide bonds. The Labute approximate surface area is 142 Å². The van der Waals surface area contributed by atoms with E-state index in [-0.39, 0.29) is 0 Å². The van der Waals surface area contributed by atoms with E-state index in [9.17, 15) is 0 Å². The molecule has 1 saturated heterocycles. The number of piperazine rings is 1. The van der Waals surface area contributed by atoms with Gasteiger partial charge in [0.1, 0.15) is 0 Å². The van der Waals surface area contributed by atoms with Gasteiger partial charge in [-0.15, -0.1) is 0 Å². The summed E-state index contributed by atoms with van der Waals surface area (Å²) in [5.41, 5.74) is 2.47. The number of hydrogen-bond donors (Lipinski definition) is 0. The predicted molar refractivity (Wildman–Crippen MR) is 96.5 cm³/mol. The summed E-state index contributed by atoms with van der Waals surface area (Å²) < 4.78 is 0. The first kappa shape index (κ1) is 15.5. The highest BCUT2D eigenvalue weighted by Crippen LogP contribution is 2.28. The minimum Gasteiger partial charge on any atom is -0.365 e. The number of rotatable bonds is 2. The molecule has 0 bridgehead atoms. The van der Waals surface area contributed by atoms with E-state index in [0.29, 0.717) is 12.1 Å². The molecule has 0 radical (unpaired) electrons. The Morgan fingerprint density at radius 1 is 0.682 bits per heavy atom. The Bertz CT molecular complexity index is 567. The lowest BCUT2D eigenvalue weighted by Gasteiger charge is -2.46. The summed E-state index contributed by atoms with van der Waals surface area (Å²) in [6.45, 7) is 6.52. The highest BCUT2D eigenvalue weighted by Gasteiger charge is 2.29. The molecule has 4 heteroatoms. The predicted octanol–water partition coefficient (Wildman–Crippen LogP) is 5.10. The van der Waals surface area contributed by atoms with E-state index in [4.69, 9.17) is 23.2 Å². The Hall–Kier alpha value is -1.38. The molecule has 0 aromatic heterocycles. The Morgan fingerprint density at radius 2 is 1.00 bits per heavy atom. The Morgan fingerprint density at radius 3 is 1.32 bits per heavy atom. The summed E-state index contributed by atoms with van der Waals surface area (Å²) in [5, 5.41) is 1.56. The number of hydrogen-bond acceptors (Lipinski definition) is 2. The lowest BCUT2D eigenvalue weighted by molar-refractivity contribution is 0.481. The third-order valence-electron chi connectivity index (χ3n) is 4.30. The van der Waals surface area contributed by atoms with Gasteiger partial charge < -0.3 is 9.80 Å². The van der Waals surface area contributed by atoms with Crippen molar-refractivity contribution >= 4 is 34.6 Å². The zero-order valence-electron chi connectivity index (χ0n) is 12.8. The third-order valence-corrected chi connectivity index (χ3v) is 4.81. The van der Waals surface area contributed by atoms with Gasteiger partial charge in [-0.05, 0) is 62.4 Å². The Kier molecular flexibility index (Phi) is 4.51. The quantitative estimate of drug-likeness (QED) is 0.754. The molecule has 2 atom stereocenters. The first-order valence-corrected chi connectivity index (χ1v) is 8.34. The van der Waals surface area contributed by atoms with E-state index >= 15 is 0 Å². The minimum absolute atomic E-state index is 0.438. The fourth-order valence-corrected chi connectivity index (χ4v) is 3.36. The summed E-state index contributed by atoms with van der Waals surface area (Å²) in [7, 11) is 0. The maximum atomic E-state index is 5.99. The monoisotopic (exact) mass is 334 g/mol. The molecule has 3 rings (SSSR count). The van der Waals surface area contributed by atoms with Crippen molar-refractivity contribution in [3.05, 3.63) is 58.6 Å². The molecule has 2 aromatic rings. The van der Waals surface area contributed by atoms with Crippen LogP contribution in [0.15, 0.2) is 48.5 Å². The van der Waals surface area contributed by atoms with Crippen LogP contribution < -0.4 is 9.80 Å². The maximum Gasteiger partial charge on any atom is 0.0438 e. The van der Waals surface area contributed by atoms with Crippen LogP contribution in [0.4, 0.5) is 11.4 Å². The van der Waals surface area contributed by atoms with Crippen LogP contribution in [0.2, 0.25) is 10.0 Å².